The molecule has 0 saturated heterocycles. The fourth-order valence-electron chi connectivity index (χ4n) is 1.65. The smallest absolute Gasteiger partial charge is 0.320 e. The van der Waals surface area contributed by atoms with E-state index in [1.165, 1.54) is 6.42 Å². The van der Waals surface area contributed by atoms with Crippen molar-refractivity contribution in [1.82, 2.24) is 5.32 Å². The van der Waals surface area contributed by atoms with Crippen LogP contribution in [0.5, 0.6) is 0 Å². The molecule has 1 fully saturated rings. The van der Waals surface area contributed by atoms with Gasteiger partial charge in [0.25, 0.3) is 0 Å². The number of aliphatic carboxylic acids is 1. The largest absolute Gasteiger partial charge is 0.480 e. The van der Waals surface area contributed by atoms with Crippen LogP contribution in [0.3, 0.4) is 0 Å². The van der Waals surface area contributed by atoms with E-state index in [0.717, 1.165) is 25.8 Å². The van der Waals surface area contributed by atoms with Gasteiger partial charge in [-0.25, -0.2) is 0 Å². The molecule has 3 nitrogen and oxygen atoms in total. The Balaban J connectivity index is 2.11. The van der Waals surface area contributed by atoms with Crippen LogP contribution in [0.15, 0.2) is 0 Å². The molecule has 0 aliphatic heterocycles. The predicted molar refractivity (Wildman–Crippen MR) is 56.2 cm³/mol. The predicted octanol–water partition coefficient (Wildman–Crippen LogP) is 1.88. The summed E-state index contributed by atoms with van der Waals surface area (Å²) in [7, 11) is 0. The lowest BCUT2D eigenvalue weighted by Crippen LogP contribution is -2.39. The van der Waals surface area contributed by atoms with Gasteiger partial charge < -0.3 is 10.4 Å². The molecule has 0 amide bonds. The van der Waals surface area contributed by atoms with E-state index >= 15 is 0 Å². The lowest BCUT2D eigenvalue weighted by atomic mass is 10.1. The number of nitrogens with one attached hydrogen (secondary N) is 1. The van der Waals surface area contributed by atoms with Crippen molar-refractivity contribution in [2.24, 2.45) is 11.8 Å². The second-order valence-corrected chi connectivity index (χ2v) is 4.64. The van der Waals surface area contributed by atoms with Gasteiger partial charge in [0, 0.05) is 0 Å². The first-order valence-corrected chi connectivity index (χ1v) is 5.57. The van der Waals surface area contributed by atoms with Crippen LogP contribution in [0, 0.1) is 11.8 Å². The van der Waals surface area contributed by atoms with Gasteiger partial charge in [-0.2, -0.15) is 0 Å². The Morgan fingerprint density at radius 3 is 2.57 bits per heavy atom. The number of rotatable bonds is 7. The van der Waals surface area contributed by atoms with Crippen LogP contribution >= 0.6 is 0 Å². The van der Waals surface area contributed by atoms with Crippen molar-refractivity contribution in [3.8, 4) is 0 Å². The topological polar surface area (TPSA) is 49.3 Å². The summed E-state index contributed by atoms with van der Waals surface area (Å²) in [6, 6.07) is -0.290. The minimum atomic E-state index is -0.683. The standard InChI is InChI=1S/C11H21NO2/c1-8(2)4-3-7-12-10(11(13)14)9-5-6-9/h8-10,12H,3-7H2,1-2H3,(H,13,14). The van der Waals surface area contributed by atoms with Crippen LogP contribution < -0.4 is 5.32 Å². The molecule has 1 unspecified atom stereocenters. The molecule has 0 aromatic heterocycles. The van der Waals surface area contributed by atoms with Gasteiger partial charge in [0.1, 0.15) is 6.04 Å². The van der Waals surface area contributed by atoms with Gasteiger partial charge >= 0.3 is 5.97 Å². The van der Waals surface area contributed by atoms with Crippen LogP contribution in [0.1, 0.15) is 39.5 Å². The molecule has 1 saturated carbocycles. The fourth-order valence-corrected chi connectivity index (χ4v) is 1.65. The monoisotopic (exact) mass is 199 g/mol. The van der Waals surface area contributed by atoms with E-state index in [-0.39, 0.29) is 6.04 Å². The molecule has 1 aliphatic carbocycles. The summed E-state index contributed by atoms with van der Waals surface area (Å²) >= 11 is 0. The summed E-state index contributed by atoms with van der Waals surface area (Å²) in [6.45, 7) is 5.22. The lowest BCUT2D eigenvalue weighted by molar-refractivity contribution is -0.140. The number of carbonyl (C=O) groups is 1. The number of carboxylic acids is 1. The zero-order chi connectivity index (χ0) is 10.6. The first-order chi connectivity index (χ1) is 6.61. The maximum atomic E-state index is 10.8. The Morgan fingerprint density at radius 1 is 1.50 bits per heavy atom. The zero-order valence-electron chi connectivity index (χ0n) is 9.12. The Hall–Kier alpha value is -0.570. The molecule has 1 aliphatic rings. The highest BCUT2D eigenvalue weighted by atomic mass is 16.4. The van der Waals surface area contributed by atoms with Gasteiger partial charge in [0.2, 0.25) is 0 Å². The second kappa shape index (κ2) is 5.35. The van der Waals surface area contributed by atoms with Crippen molar-refractivity contribution < 1.29 is 9.90 Å². The molecule has 0 heterocycles. The van der Waals surface area contributed by atoms with Gasteiger partial charge in [0.15, 0.2) is 0 Å². The highest BCUT2D eigenvalue weighted by Gasteiger charge is 2.35. The molecule has 0 spiro atoms. The maximum Gasteiger partial charge on any atom is 0.320 e. The van der Waals surface area contributed by atoms with Crippen LogP contribution in [0.2, 0.25) is 0 Å². The highest BCUT2D eigenvalue weighted by Crippen LogP contribution is 2.32. The molecule has 0 aromatic rings. The van der Waals surface area contributed by atoms with Crippen LogP contribution in [-0.2, 0) is 4.79 Å². The maximum absolute atomic E-state index is 10.8. The van der Waals surface area contributed by atoms with Crippen LogP contribution in [0.25, 0.3) is 0 Å². The molecular formula is C11H21NO2. The first kappa shape index (κ1) is 11.5. The zero-order valence-corrected chi connectivity index (χ0v) is 9.12. The third-order valence-corrected chi connectivity index (χ3v) is 2.68. The molecule has 0 aromatic carbocycles. The summed E-state index contributed by atoms with van der Waals surface area (Å²) in [4.78, 5) is 10.8. The van der Waals surface area contributed by atoms with E-state index in [9.17, 15) is 4.79 Å². The molecule has 14 heavy (non-hydrogen) atoms. The quantitative estimate of drug-likeness (QED) is 0.615. The SMILES string of the molecule is CC(C)CCCNC(C(=O)O)C1CC1. The summed E-state index contributed by atoms with van der Waals surface area (Å²) in [6.07, 6.45) is 4.40. The molecule has 82 valence electrons. The van der Waals surface area contributed by atoms with Crippen molar-refractivity contribution in [3.05, 3.63) is 0 Å². The summed E-state index contributed by atoms with van der Waals surface area (Å²) in [5, 5.41) is 12.1. The molecular weight excluding hydrogens is 178 g/mol. The lowest BCUT2D eigenvalue weighted by Gasteiger charge is -2.13. The Morgan fingerprint density at radius 2 is 2.14 bits per heavy atom. The van der Waals surface area contributed by atoms with Crippen molar-refractivity contribution in [3.63, 3.8) is 0 Å². The Kier molecular flexibility index (Phi) is 4.39. The van der Waals surface area contributed by atoms with Crippen molar-refractivity contribution >= 4 is 5.97 Å². The van der Waals surface area contributed by atoms with E-state index in [1.807, 2.05) is 0 Å². The number of carboxylic acid groups (broad SMARTS) is 1. The molecule has 0 bridgehead atoms. The number of hydrogen-bond acceptors (Lipinski definition) is 2. The average molecular weight is 199 g/mol. The molecule has 1 rings (SSSR count). The normalized spacial score (nSPS) is 18.5. The van der Waals surface area contributed by atoms with E-state index in [4.69, 9.17) is 5.11 Å². The third-order valence-electron chi connectivity index (χ3n) is 2.68. The second-order valence-electron chi connectivity index (χ2n) is 4.64. The molecule has 3 heteroatoms. The van der Waals surface area contributed by atoms with Gasteiger partial charge in [-0.3, -0.25) is 4.79 Å². The molecule has 1 atom stereocenters. The van der Waals surface area contributed by atoms with Crippen molar-refractivity contribution in [2.75, 3.05) is 6.54 Å². The summed E-state index contributed by atoms with van der Waals surface area (Å²) in [5.74, 6) is 0.421. The first-order valence-electron chi connectivity index (χ1n) is 5.57. The minimum Gasteiger partial charge on any atom is -0.480 e. The third kappa shape index (κ3) is 4.09. The Labute approximate surface area is 85.9 Å². The van der Waals surface area contributed by atoms with Crippen LogP contribution in [-0.4, -0.2) is 23.7 Å². The number of hydrogen-bond donors (Lipinski definition) is 2. The summed E-state index contributed by atoms with van der Waals surface area (Å²) < 4.78 is 0. The summed E-state index contributed by atoms with van der Waals surface area (Å²) in [5.41, 5.74) is 0. The van der Waals surface area contributed by atoms with E-state index in [2.05, 4.69) is 19.2 Å². The van der Waals surface area contributed by atoms with Gasteiger partial charge in [-0.05, 0) is 44.1 Å². The van der Waals surface area contributed by atoms with Crippen molar-refractivity contribution in [1.29, 1.82) is 0 Å². The fraction of sp³-hybridized carbons (Fsp3) is 0.909. The minimum absolute atomic E-state index is 0.290. The van der Waals surface area contributed by atoms with Gasteiger partial charge in [0.05, 0.1) is 0 Å². The van der Waals surface area contributed by atoms with E-state index < -0.39 is 5.97 Å². The van der Waals surface area contributed by atoms with E-state index in [1.54, 1.807) is 0 Å². The Bertz CT molecular complexity index is 188. The highest BCUT2D eigenvalue weighted by molar-refractivity contribution is 5.74. The molecule has 0 radical (unpaired) electrons. The average Bonchev–Trinajstić information content (AvgIpc) is 2.86. The molecule has 2 N–H and O–H groups in total. The van der Waals surface area contributed by atoms with Crippen molar-refractivity contribution in [2.45, 2.75) is 45.6 Å². The van der Waals surface area contributed by atoms with Gasteiger partial charge in [-0.15, -0.1) is 0 Å². The van der Waals surface area contributed by atoms with Gasteiger partial charge in [-0.1, -0.05) is 13.8 Å². The van der Waals surface area contributed by atoms with E-state index in [0.29, 0.717) is 11.8 Å². The van der Waals surface area contributed by atoms with Crippen LogP contribution in [0.4, 0.5) is 0 Å².